The molecule has 1 aliphatic heterocycles. The van der Waals surface area contributed by atoms with Gasteiger partial charge in [0.25, 0.3) is 0 Å². The zero-order chi connectivity index (χ0) is 15.2. The van der Waals surface area contributed by atoms with E-state index < -0.39 is 5.97 Å². The molecule has 0 spiro atoms. The van der Waals surface area contributed by atoms with E-state index in [0.29, 0.717) is 17.5 Å². The quantitative estimate of drug-likeness (QED) is 0.791. The number of hydrogen-bond acceptors (Lipinski definition) is 3. The molecule has 0 aliphatic carbocycles. The second-order valence-corrected chi connectivity index (χ2v) is 6.64. The van der Waals surface area contributed by atoms with Gasteiger partial charge in [-0.3, -0.25) is 0 Å². The molecule has 2 amide bonds. The monoisotopic (exact) mass is 328 g/mol. The van der Waals surface area contributed by atoms with E-state index in [0.717, 1.165) is 12.2 Å². The van der Waals surface area contributed by atoms with E-state index in [9.17, 15) is 9.59 Å². The maximum atomic E-state index is 11.8. The van der Waals surface area contributed by atoms with Crippen molar-refractivity contribution in [2.75, 3.05) is 17.6 Å². The molecule has 1 atom stereocenters. The molecule has 114 valence electrons. The van der Waals surface area contributed by atoms with Gasteiger partial charge in [-0.1, -0.05) is 18.0 Å². The highest BCUT2D eigenvalue weighted by Crippen LogP contribution is 2.24. The SMILES string of the molecule is O=C(NCC1CCCCS1)Nc1ccc(Cl)c(C(=O)O)c1. The third-order valence-corrected chi connectivity index (χ3v) is 4.95. The summed E-state index contributed by atoms with van der Waals surface area (Å²) >= 11 is 7.66. The van der Waals surface area contributed by atoms with Crippen LogP contribution in [0.2, 0.25) is 5.02 Å². The van der Waals surface area contributed by atoms with Crippen molar-refractivity contribution in [1.29, 1.82) is 0 Å². The van der Waals surface area contributed by atoms with Crippen LogP contribution in [-0.2, 0) is 0 Å². The van der Waals surface area contributed by atoms with Crippen molar-refractivity contribution in [1.82, 2.24) is 5.32 Å². The molecule has 1 fully saturated rings. The molecule has 1 unspecified atom stereocenters. The Balaban J connectivity index is 1.87. The van der Waals surface area contributed by atoms with Gasteiger partial charge < -0.3 is 15.7 Å². The molecule has 0 radical (unpaired) electrons. The molecule has 3 N–H and O–H groups in total. The lowest BCUT2D eigenvalue weighted by molar-refractivity contribution is 0.0697. The fourth-order valence-corrected chi connectivity index (χ4v) is 3.55. The van der Waals surface area contributed by atoms with Crippen molar-refractivity contribution < 1.29 is 14.7 Å². The second-order valence-electron chi connectivity index (χ2n) is 4.82. The van der Waals surface area contributed by atoms with Crippen LogP contribution in [0.5, 0.6) is 0 Å². The van der Waals surface area contributed by atoms with Crippen LogP contribution in [-0.4, -0.2) is 34.7 Å². The van der Waals surface area contributed by atoms with Crippen molar-refractivity contribution in [3.8, 4) is 0 Å². The van der Waals surface area contributed by atoms with Gasteiger partial charge in [0.05, 0.1) is 10.6 Å². The van der Waals surface area contributed by atoms with Gasteiger partial charge >= 0.3 is 12.0 Å². The Labute approximate surface area is 132 Å². The minimum absolute atomic E-state index is 0.0303. The van der Waals surface area contributed by atoms with Crippen LogP contribution in [0.15, 0.2) is 18.2 Å². The smallest absolute Gasteiger partial charge is 0.337 e. The van der Waals surface area contributed by atoms with Gasteiger partial charge in [0, 0.05) is 17.5 Å². The zero-order valence-electron chi connectivity index (χ0n) is 11.4. The topological polar surface area (TPSA) is 78.4 Å². The van der Waals surface area contributed by atoms with Crippen LogP contribution in [0.1, 0.15) is 29.6 Å². The number of nitrogens with one attached hydrogen (secondary N) is 2. The second kappa shape index (κ2) is 7.56. The summed E-state index contributed by atoms with van der Waals surface area (Å²) in [6, 6.07) is 4.04. The number of amides is 2. The minimum atomic E-state index is -1.12. The molecular formula is C14H17ClN2O3S. The highest BCUT2D eigenvalue weighted by atomic mass is 35.5. The molecule has 5 nitrogen and oxygen atoms in total. The Morgan fingerprint density at radius 3 is 2.86 bits per heavy atom. The minimum Gasteiger partial charge on any atom is -0.478 e. The number of benzene rings is 1. The summed E-state index contributed by atoms with van der Waals surface area (Å²) in [7, 11) is 0. The molecule has 0 saturated carbocycles. The van der Waals surface area contributed by atoms with E-state index in [1.54, 1.807) is 6.07 Å². The number of carboxylic acids is 1. The fourth-order valence-electron chi connectivity index (χ4n) is 2.12. The van der Waals surface area contributed by atoms with Gasteiger partial charge in [0.15, 0.2) is 0 Å². The lowest BCUT2D eigenvalue weighted by Crippen LogP contribution is -2.35. The van der Waals surface area contributed by atoms with Crippen LogP contribution >= 0.6 is 23.4 Å². The first-order chi connectivity index (χ1) is 10.1. The van der Waals surface area contributed by atoms with Crippen LogP contribution in [0.25, 0.3) is 0 Å². The number of halogens is 1. The predicted octanol–water partition coefficient (Wildman–Crippen LogP) is 3.45. The molecular weight excluding hydrogens is 312 g/mol. The number of aromatic carboxylic acids is 1. The zero-order valence-corrected chi connectivity index (χ0v) is 13.0. The number of carbonyl (C=O) groups excluding carboxylic acids is 1. The largest absolute Gasteiger partial charge is 0.478 e. The average Bonchev–Trinajstić information content (AvgIpc) is 2.48. The Morgan fingerprint density at radius 2 is 2.19 bits per heavy atom. The number of anilines is 1. The molecule has 1 aliphatic rings. The highest BCUT2D eigenvalue weighted by Gasteiger charge is 2.15. The third-order valence-electron chi connectivity index (χ3n) is 3.22. The van der Waals surface area contributed by atoms with Crippen LogP contribution in [0, 0.1) is 0 Å². The van der Waals surface area contributed by atoms with Crippen LogP contribution < -0.4 is 10.6 Å². The molecule has 1 aromatic carbocycles. The number of hydrogen-bond donors (Lipinski definition) is 3. The van der Waals surface area contributed by atoms with E-state index in [1.165, 1.54) is 25.0 Å². The standard InChI is InChI=1S/C14H17ClN2O3S/c15-12-5-4-9(7-11(12)13(18)19)17-14(20)16-8-10-3-1-2-6-21-10/h4-5,7,10H,1-3,6,8H2,(H,18,19)(H2,16,17,20). The summed E-state index contributed by atoms with van der Waals surface area (Å²) < 4.78 is 0. The normalized spacial score (nSPS) is 18.0. The fraction of sp³-hybridized carbons (Fsp3) is 0.429. The van der Waals surface area contributed by atoms with Crippen molar-refractivity contribution >= 4 is 41.1 Å². The third kappa shape index (κ3) is 4.82. The maximum absolute atomic E-state index is 11.8. The van der Waals surface area contributed by atoms with Crippen molar-refractivity contribution in [3.63, 3.8) is 0 Å². The predicted molar refractivity (Wildman–Crippen MR) is 85.5 cm³/mol. The highest BCUT2D eigenvalue weighted by molar-refractivity contribution is 7.99. The Morgan fingerprint density at radius 1 is 1.38 bits per heavy atom. The maximum Gasteiger partial charge on any atom is 0.337 e. The van der Waals surface area contributed by atoms with Crippen molar-refractivity contribution in [2.24, 2.45) is 0 Å². The number of thioether (sulfide) groups is 1. The first kappa shape index (κ1) is 16.0. The summed E-state index contributed by atoms with van der Waals surface area (Å²) in [5.74, 6) is 0.0234. The first-order valence-electron chi connectivity index (χ1n) is 6.75. The lowest BCUT2D eigenvalue weighted by Gasteiger charge is -2.21. The van der Waals surface area contributed by atoms with E-state index >= 15 is 0 Å². The van der Waals surface area contributed by atoms with Crippen LogP contribution in [0.4, 0.5) is 10.5 Å². The van der Waals surface area contributed by atoms with Gasteiger partial charge in [0.2, 0.25) is 0 Å². The summed E-state index contributed by atoms with van der Waals surface area (Å²) in [4.78, 5) is 22.8. The number of urea groups is 1. The molecule has 7 heteroatoms. The van der Waals surface area contributed by atoms with Gasteiger partial charge in [0.1, 0.15) is 0 Å². The Kier molecular flexibility index (Phi) is 5.76. The molecule has 1 aromatic rings. The van der Waals surface area contributed by atoms with E-state index in [2.05, 4.69) is 10.6 Å². The molecule has 1 saturated heterocycles. The van der Waals surface area contributed by atoms with E-state index in [4.69, 9.17) is 16.7 Å². The van der Waals surface area contributed by atoms with Crippen molar-refractivity contribution in [3.05, 3.63) is 28.8 Å². The average molecular weight is 329 g/mol. The summed E-state index contributed by atoms with van der Waals surface area (Å²) in [5.41, 5.74) is 0.378. The van der Waals surface area contributed by atoms with Crippen molar-refractivity contribution in [2.45, 2.75) is 24.5 Å². The molecule has 2 rings (SSSR count). The van der Waals surface area contributed by atoms with Gasteiger partial charge in [-0.2, -0.15) is 11.8 Å². The van der Waals surface area contributed by atoms with Gasteiger partial charge in [-0.25, -0.2) is 9.59 Å². The molecule has 21 heavy (non-hydrogen) atoms. The molecule has 0 aromatic heterocycles. The van der Waals surface area contributed by atoms with Gasteiger partial charge in [-0.15, -0.1) is 0 Å². The van der Waals surface area contributed by atoms with E-state index in [-0.39, 0.29) is 16.6 Å². The molecule has 1 heterocycles. The lowest BCUT2D eigenvalue weighted by atomic mass is 10.2. The van der Waals surface area contributed by atoms with E-state index in [1.807, 2.05) is 11.8 Å². The summed E-state index contributed by atoms with van der Waals surface area (Å²) in [6.45, 7) is 0.621. The van der Waals surface area contributed by atoms with Crippen LogP contribution in [0.3, 0.4) is 0 Å². The Hall–Kier alpha value is -1.40. The number of rotatable bonds is 4. The number of carboxylic acid groups (broad SMARTS) is 1. The summed E-state index contributed by atoms with van der Waals surface area (Å²) in [5, 5.41) is 15.0. The molecule has 0 bridgehead atoms. The van der Waals surface area contributed by atoms with Gasteiger partial charge in [-0.05, 0) is 36.8 Å². The number of carbonyl (C=O) groups is 2. The first-order valence-corrected chi connectivity index (χ1v) is 8.18. The Bertz CT molecular complexity index is 533. The summed E-state index contributed by atoms with van der Waals surface area (Å²) in [6.07, 6.45) is 3.57.